The molecule has 2 rings (SSSR count). The minimum atomic E-state index is -1.05. The average molecular weight is 657 g/mol. The summed E-state index contributed by atoms with van der Waals surface area (Å²) in [5, 5.41) is 10.6. The molecule has 1 aromatic carbocycles. The van der Waals surface area contributed by atoms with E-state index in [2.05, 4.69) is 41.0 Å². The second-order valence-electron chi connectivity index (χ2n) is 12.5. The molecule has 0 bridgehead atoms. The quantitative estimate of drug-likeness (QED) is 0.0929. The summed E-state index contributed by atoms with van der Waals surface area (Å²) < 4.78 is 27.4. The van der Waals surface area contributed by atoms with Gasteiger partial charge in [-0.1, -0.05) is 61.7 Å². The molecule has 1 heterocycles. The standard InChI is InChI=1S/C34H48N4O9/c1-10-25-27(29(39)43-20-18-35-22(2)37-31(41)46-33(4,5)6)28(26(45-25)17-16-24-14-12-11-13-15-24)30(40)44-21-19-36-23(3)38-32(42)47-34(7,8)9/h10-17,25-28,35-36H,1-3,18-21H2,4-9H3,(H,37,41)(H,38,42)/b17-16+. The predicted octanol–water partition coefficient (Wildman–Crippen LogP) is 4.14. The van der Waals surface area contributed by atoms with Crippen molar-refractivity contribution in [2.45, 2.75) is 65.0 Å². The molecule has 4 N–H and O–H groups in total. The molecule has 0 aliphatic carbocycles. The molecule has 0 spiro atoms. The molecule has 13 nitrogen and oxygen atoms in total. The number of hydrogen-bond acceptors (Lipinski definition) is 11. The Hall–Kier alpha value is -4.78. The van der Waals surface area contributed by atoms with Crippen LogP contribution in [-0.4, -0.2) is 73.8 Å². The van der Waals surface area contributed by atoms with Crippen LogP contribution in [-0.2, 0) is 33.3 Å². The summed E-state index contributed by atoms with van der Waals surface area (Å²) in [5.41, 5.74) is -0.489. The fourth-order valence-electron chi connectivity index (χ4n) is 4.30. The lowest BCUT2D eigenvalue weighted by atomic mass is 9.86. The van der Waals surface area contributed by atoms with Crippen molar-refractivity contribution >= 4 is 30.2 Å². The lowest BCUT2D eigenvalue weighted by Crippen LogP contribution is -2.39. The van der Waals surface area contributed by atoms with Crippen LogP contribution in [0.3, 0.4) is 0 Å². The van der Waals surface area contributed by atoms with Crippen molar-refractivity contribution in [1.29, 1.82) is 0 Å². The van der Waals surface area contributed by atoms with Gasteiger partial charge in [0.05, 0.1) is 25.3 Å². The number of amides is 2. The fourth-order valence-corrected chi connectivity index (χ4v) is 4.30. The molecule has 0 radical (unpaired) electrons. The van der Waals surface area contributed by atoms with Gasteiger partial charge < -0.3 is 34.3 Å². The number of esters is 2. The predicted molar refractivity (Wildman–Crippen MR) is 176 cm³/mol. The molecule has 1 aliphatic rings. The third-order valence-corrected chi connectivity index (χ3v) is 6.14. The second-order valence-corrected chi connectivity index (χ2v) is 12.5. The molecule has 2 amide bonds. The van der Waals surface area contributed by atoms with E-state index in [9.17, 15) is 19.2 Å². The SMILES string of the molecule is C=CC1OC(/C=C/c2ccccc2)C(C(=O)OCCNC(=C)NC(=O)OC(C)(C)C)C1C(=O)OCCNC(=C)NC(=O)OC(C)(C)C. The van der Waals surface area contributed by atoms with Gasteiger partial charge in [0.2, 0.25) is 0 Å². The number of benzene rings is 1. The highest BCUT2D eigenvalue weighted by Gasteiger charge is 2.51. The van der Waals surface area contributed by atoms with Crippen molar-refractivity contribution in [2.75, 3.05) is 26.3 Å². The molecule has 4 unspecified atom stereocenters. The summed E-state index contributed by atoms with van der Waals surface area (Å²) >= 11 is 0. The smallest absolute Gasteiger partial charge is 0.413 e. The maximum atomic E-state index is 13.4. The van der Waals surface area contributed by atoms with Gasteiger partial charge in [0, 0.05) is 0 Å². The van der Waals surface area contributed by atoms with Crippen LogP contribution < -0.4 is 21.3 Å². The highest BCUT2D eigenvalue weighted by Crippen LogP contribution is 2.36. The largest absolute Gasteiger partial charge is 0.463 e. The van der Waals surface area contributed by atoms with Gasteiger partial charge in [-0.2, -0.15) is 0 Å². The molecule has 258 valence electrons. The van der Waals surface area contributed by atoms with Crippen LogP contribution >= 0.6 is 0 Å². The van der Waals surface area contributed by atoms with Gasteiger partial charge in [-0.25, -0.2) is 9.59 Å². The number of carbonyl (C=O) groups excluding carboxylic acids is 4. The normalized spacial score (nSPS) is 19.2. The number of hydrogen-bond donors (Lipinski definition) is 4. The summed E-state index contributed by atoms with van der Waals surface area (Å²) in [6.07, 6.45) is 1.91. The fraction of sp³-hybridized carbons (Fsp3) is 0.471. The summed E-state index contributed by atoms with van der Waals surface area (Å²) in [6.45, 7) is 21.6. The lowest BCUT2D eigenvalue weighted by molar-refractivity contribution is -0.159. The van der Waals surface area contributed by atoms with E-state index in [0.29, 0.717) is 0 Å². The van der Waals surface area contributed by atoms with Gasteiger partial charge in [-0.15, -0.1) is 6.58 Å². The van der Waals surface area contributed by atoms with E-state index < -0.39 is 59.4 Å². The number of nitrogens with one attached hydrogen (secondary N) is 4. The Labute approximate surface area is 276 Å². The molecule has 4 atom stereocenters. The minimum absolute atomic E-state index is 0.100. The maximum Gasteiger partial charge on any atom is 0.413 e. The Morgan fingerprint density at radius 3 is 1.64 bits per heavy atom. The van der Waals surface area contributed by atoms with Crippen molar-refractivity contribution < 1.29 is 42.9 Å². The third kappa shape index (κ3) is 14.5. The average Bonchev–Trinajstić information content (AvgIpc) is 3.33. The molecule has 0 saturated carbocycles. The Morgan fingerprint density at radius 2 is 1.21 bits per heavy atom. The van der Waals surface area contributed by atoms with Crippen molar-refractivity contribution in [3.05, 3.63) is 79.4 Å². The van der Waals surface area contributed by atoms with Gasteiger partial charge in [-0.3, -0.25) is 20.2 Å². The molecular weight excluding hydrogens is 608 g/mol. The molecule has 1 fully saturated rings. The Morgan fingerprint density at radius 1 is 0.766 bits per heavy atom. The Bertz CT molecular complexity index is 1300. The van der Waals surface area contributed by atoms with Crippen molar-refractivity contribution in [3.8, 4) is 0 Å². The zero-order valence-corrected chi connectivity index (χ0v) is 28.1. The summed E-state index contributed by atoms with van der Waals surface area (Å²) in [7, 11) is 0. The molecule has 1 aromatic rings. The van der Waals surface area contributed by atoms with Crippen LogP contribution in [0.1, 0.15) is 47.1 Å². The molecular formula is C34H48N4O9. The van der Waals surface area contributed by atoms with E-state index >= 15 is 0 Å². The zero-order valence-electron chi connectivity index (χ0n) is 28.1. The topological polar surface area (TPSA) is 163 Å². The molecule has 47 heavy (non-hydrogen) atoms. The van der Waals surface area contributed by atoms with Crippen LogP contribution in [0.15, 0.2) is 73.9 Å². The van der Waals surface area contributed by atoms with Gasteiger partial charge in [0.25, 0.3) is 0 Å². The van der Waals surface area contributed by atoms with E-state index in [4.69, 9.17) is 23.7 Å². The highest BCUT2D eigenvalue weighted by atomic mass is 16.6. The Kier molecular flexibility index (Phi) is 14.5. The summed E-state index contributed by atoms with van der Waals surface area (Å²) in [4.78, 5) is 50.7. The number of alkyl carbamates (subject to hydrolysis) is 2. The first-order chi connectivity index (χ1) is 22.0. The third-order valence-electron chi connectivity index (χ3n) is 6.14. The van der Waals surface area contributed by atoms with Crippen LogP contribution in [0.4, 0.5) is 9.59 Å². The van der Waals surface area contributed by atoms with E-state index in [1.54, 1.807) is 53.7 Å². The van der Waals surface area contributed by atoms with Gasteiger partial charge in [-0.05, 0) is 47.1 Å². The first kappa shape index (κ1) is 38.4. The van der Waals surface area contributed by atoms with Gasteiger partial charge in [0.15, 0.2) is 0 Å². The van der Waals surface area contributed by atoms with Crippen LogP contribution in [0.25, 0.3) is 6.08 Å². The number of rotatable bonds is 15. The van der Waals surface area contributed by atoms with Crippen LogP contribution in [0, 0.1) is 11.8 Å². The van der Waals surface area contributed by atoms with Crippen molar-refractivity contribution in [3.63, 3.8) is 0 Å². The monoisotopic (exact) mass is 656 g/mol. The highest BCUT2D eigenvalue weighted by molar-refractivity contribution is 5.84. The second kappa shape index (κ2) is 17.8. The summed E-state index contributed by atoms with van der Waals surface area (Å²) in [5.74, 6) is -3.15. The van der Waals surface area contributed by atoms with E-state index in [0.717, 1.165) is 5.56 Å². The zero-order chi connectivity index (χ0) is 35.2. The molecule has 1 saturated heterocycles. The number of ether oxygens (including phenoxy) is 5. The van der Waals surface area contributed by atoms with Gasteiger partial charge >= 0.3 is 24.1 Å². The minimum Gasteiger partial charge on any atom is -0.463 e. The molecule has 0 aromatic heterocycles. The molecule has 1 aliphatic heterocycles. The lowest BCUT2D eigenvalue weighted by Gasteiger charge is -2.22. The van der Waals surface area contributed by atoms with E-state index in [1.807, 2.05) is 30.3 Å². The van der Waals surface area contributed by atoms with E-state index in [1.165, 1.54) is 6.08 Å². The van der Waals surface area contributed by atoms with E-state index in [-0.39, 0.29) is 37.9 Å². The van der Waals surface area contributed by atoms with Crippen molar-refractivity contribution in [1.82, 2.24) is 21.3 Å². The van der Waals surface area contributed by atoms with Crippen LogP contribution in [0.2, 0.25) is 0 Å². The first-order valence-corrected chi connectivity index (χ1v) is 15.2. The summed E-state index contributed by atoms with van der Waals surface area (Å²) in [6, 6.07) is 9.40. The first-order valence-electron chi connectivity index (χ1n) is 15.2. The number of carbonyl (C=O) groups is 4. The molecule has 13 heteroatoms. The maximum absolute atomic E-state index is 13.4. The van der Waals surface area contributed by atoms with Crippen molar-refractivity contribution in [2.24, 2.45) is 11.8 Å². The van der Waals surface area contributed by atoms with Crippen LogP contribution in [0.5, 0.6) is 0 Å². The van der Waals surface area contributed by atoms with Gasteiger partial charge in [0.1, 0.15) is 47.9 Å². The Balaban J connectivity index is 2.03.